The van der Waals surface area contributed by atoms with E-state index >= 15 is 0 Å². The molecular formula is C13H22O2. The Hall–Kier alpha value is -0.790. The van der Waals surface area contributed by atoms with E-state index in [2.05, 4.69) is 34.3 Å². The molecule has 1 saturated carbocycles. The van der Waals surface area contributed by atoms with Gasteiger partial charge < -0.3 is 4.74 Å². The summed E-state index contributed by atoms with van der Waals surface area (Å²) < 4.78 is 5.59. The Balaban J connectivity index is 2.85. The smallest absolute Gasteiger partial charge is 0.330 e. The van der Waals surface area contributed by atoms with Crippen LogP contribution in [0.15, 0.2) is 12.7 Å². The van der Waals surface area contributed by atoms with Crippen molar-refractivity contribution in [2.24, 2.45) is 11.3 Å². The van der Waals surface area contributed by atoms with Gasteiger partial charge in [0.15, 0.2) is 0 Å². The molecule has 2 unspecified atom stereocenters. The lowest BCUT2D eigenvalue weighted by Crippen LogP contribution is -2.37. The lowest BCUT2D eigenvalue weighted by molar-refractivity contribution is -0.158. The van der Waals surface area contributed by atoms with Gasteiger partial charge in [-0.3, -0.25) is 0 Å². The molecule has 86 valence electrons. The van der Waals surface area contributed by atoms with Gasteiger partial charge in [-0.25, -0.2) is 4.79 Å². The normalized spacial score (nSPS) is 33.7. The van der Waals surface area contributed by atoms with Crippen molar-refractivity contribution in [1.29, 1.82) is 0 Å². The molecule has 1 fully saturated rings. The monoisotopic (exact) mass is 210 g/mol. The van der Waals surface area contributed by atoms with Crippen molar-refractivity contribution in [2.45, 2.75) is 52.6 Å². The summed E-state index contributed by atoms with van der Waals surface area (Å²) in [6, 6.07) is 0. The van der Waals surface area contributed by atoms with E-state index in [-0.39, 0.29) is 17.0 Å². The molecule has 0 bridgehead atoms. The first-order valence-corrected chi connectivity index (χ1v) is 5.70. The summed E-state index contributed by atoms with van der Waals surface area (Å²) in [6.07, 6.45) is 4.22. The van der Waals surface area contributed by atoms with Crippen LogP contribution in [0, 0.1) is 11.3 Å². The van der Waals surface area contributed by atoms with Gasteiger partial charge in [-0.2, -0.15) is 0 Å². The molecule has 0 aromatic rings. The minimum atomic E-state index is -0.290. The largest absolute Gasteiger partial charge is 0.456 e. The Morgan fingerprint density at radius 3 is 2.53 bits per heavy atom. The fourth-order valence-corrected chi connectivity index (χ4v) is 3.00. The maximum Gasteiger partial charge on any atom is 0.330 e. The molecule has 0 radical (unpaired) electrons. The van der Waals surface area contributed by atoms with Crippen molar-refractivity contribution in [3.05, 3.63) is 12.7 Å². The van der Waals surface area contributed by atoms with Crippen molar-refractivity contribution in [3.8, 4) is 0 Å². The van der Waals surface area contributed by atoms with Gasteiger partial charge in [-0.15, -0.1) is 0 Å². The van der Waals surface area contributed by atoms with Gasteiger partial charge in [0.2, 0.25) is 0 Å². The quantitative estimate of drug-likeness (QED) is 0.527. The number of carbonyl (C=O) groups excluding carboxylic acids is 1. The number of rotatable bonds is 3. The number of esters is 1. The molecular weight excluding hydrogens is 188 g/mol. The van der Waals surface area contributed by atoms with E-state index in [0.717, 1.165) is 19.3 Å². The van der Waals surface area contributed by atoms with Crippen LogP contribution in [0.5, 0.6) is 0 Å². The molecule has 0 spiro atoms. The lowest BCUT2D eigenvalue weighted by Gasteiger charge is -2.32. The third-order valence-electron chi connectivity index (χ3n) is 3.60. The summed E-state index contributed by atoms with van der Waals surface area (Å²) in [7, 11) is 0. The average Bonchev–Trinajstić information content (AvgIpc) is 2.36. The van der Waals surface area contributed by atoms with Gasteiger partial charge in [0.05, 0.1) is 0 Å². The maximum atomic E-state index is 11.3. The van der Waals surface area contributed by atoms with E-state index < -0.39 is 0 Å². The average molecular weight is 210 g/mol. The Bertz CT molecular complexity index is 268. The molecule has 0 heterocycles. The zero-order valence-electron chi connectivity index (χ0n) is 10.3. The molecule has 0 aromatic carbocycles. The Kier molecular flexibility index (Phi) is 3.27. The van der Waals surface area contributed by atoms with Crippen LogP contribution >= 0.6 is 0 Å². The Morgan fingerprint density at radius 1 is 1.60 bits per heavy atom. The van der Waals surface area contributed by atoms with E-state index in [0.29, 0.717) is 5.92 Å². The van der Waals surface area contributed by atoms with Crippen LogP contribution in [0.4, 0.5) is 0 Å². The predicted octanol–water partition coefficient (Wildman–Crippen LogP) is 3.32. The van der Waals surface area contributed by atoms with Crippen LogP contribution in [-0.2, 0) is 9.53 Å². The van der Waals surface area contributed by atoms with Crippen LogP contribution < -0.4 is 0 Å². The molecule has 0 aromatic heterocycles. The van der Waals surface area contributed by atoms with Crippen molar-refractivity contribution < 1.29 is 9.53 Å². The highest BCUT2D eigenvalue weighted by atomic mass is 16.6. The highest BCUT2D eigenvalue weighted by Crippen LogP contribution is 2.51. The number of ether oxygens (including phenoxy) is 1. The lowest BCUT2D eigenvalue weighted by atomic mass is 9.87. The molecule has 1 aliphatic rings. The summed E-state index contributed by atoms with van der Waals surface area (Å²) in [4.78, 5) is 11.3. The van der Waals surface area contributed by atoms with Gasteiger partial charge in [-0.05, 0) is 30.6 Å². The van der Waals surface area contributed by atoms with Crippen molar-refractivity contribution >= 4 is 5.97 Å². The van der Waals surface area contributed by atoms with E-state index in [1.807, 2.05) is 0 Å². The van der Waals surface area contributed by atoms with Crippen molar-refractivity contribution in [3.63, 3.8) is 0 Å². The molecule has 2 heteroatoms. The fraction of sp³-hybridized carbons (Fsp3) is 0.769. The van der Waals surface area contributed by atoms with Crippen LogP contribution in [0.25, 0.3) is 0 Å². The molecule has 0 saturated heterocycles. The number of hydrogen-bond acceptors (Lipinski definition) is 2. The van der Waals surface area contributed by atoms with Gasteiger partial charge >= 0.3 is 5.97 Å². The molecule has 15 heavy (non-hydrogen) atoms. The molecule has 0 amide bonds. The first-order chi connectivity index (χ1) is 6.85. The molecule has 2 nitrogen and oxygen atoms in total. The van der Waals surface area contributed by atoms with Crippen LogP contribution in [0.1, 0.15) is 47.0 Å². The van der Waals surface area contributed by atoms with Crippen LogP contribution in [0.3, 0.4) is 0 Å². The van der Waals surface area contributed by atoms with Gasteiger partial charge in [0.1, 0.15) is 5.60 Å². The zero-order valence-corrected chi connectivity index (χ0v) is 10.3. The minimum Gasteiger partial charge on any atom is -0.456 e. The van der Waals surface area contributed by atoms with E-state index in [1.165, 1.54) is 6.08 Å². The standard InChI is InChI=1S/C13H22O2/c1-6-11(14)15-13(7-2)9-12(4,5)8-10(13)3/h6,10H,1,7-9H2,2-5H3. The minimum absolute atomic E-state index is 0.269. The van der Waals surface area contributed by atoms with Crippen molar-refractivity contribution in [2.75, 3.05) is 0 Å². The van der Waals surface area contributed by atoms with Gasteiger partial charge in [-0.1, -0.05) is 34.3 Å². The van der Waals surface area contributed by atoms with E-state index in [9.17, 15) is 4.79 Å². The molecule has 1 aliphatic carbocycles. The molecule has 0 aliphatic heterocycles. The predicted molar refractivity (Wildman–Crippen MR) is 61.5 cm³/mol. The van der Waals surface area contributed by atoms with Gasteiger partial charge in [0, 0.05) is 6.08 Å². The SMILES string of the molecule is C=CC(=O)OC1(CC)CC(C)(C)CC1C. The van der Waals surface area contributed by atoms with Crippen LogP contribution in [0.2, 0.25) is 0 Å². The first kappa shape index (κ1) is 12.3. The topological polar surface area (TPSA) is 26.3 Å². The third kappa shape index (κ3) is 2.42. The summed E-state index contributed by atoms with van der Waals surface area (Å²) in [5.74, 6) is 0.141. The Labute approximate surface area is 92.7 Å². The number of hydrogen-bond donors (Lipinski definition) is 0. The summed E-state index contributed by atoms with van der Waals surface area (Å²) in [6.45, 7) is 12.2. The molecule has 2 atom stereocenters. The third-order valence-corrected chi connectivity index (χ3v) is 3.60. The molecule has 1 rings (SSSR count). The van der Waals surface area contributed by atoms with Crippen LogP contribution in [-0.4, -0.2) is 11.6 Å². The fourth-order valence-electron chi connectivity index (χ4n) is 3.00. The second-order valence-electron chi connectivity index (χ2n) is 5.49. The highest BCUT2D eigenvalue weighted by Gasteiger charge is 2.49. The first-order valence-electron chi connectivity index (χ1n) is 5.70. The maximum absolute atomic E-state index is 11.3. The second-order valence-corrected chi connectivity index (χ2v) is 5.49. The second kappa shape index (κ2) is 3.99. The summed E-state index contributed by atoms with van der Waals surface area (Å²) >= 11 is 0. The Morgan fingerprint density at radius 2 is 2.20 bits per heavy atom. The zero-order chi connectivity index (χ0) is 11.7. The van der Waals surface area contributed by atoms with Gasteiger partial charge in [0.25, 0.3) is 0 Å². The number of carbonyl (C=O) groups is 1. The summed E-state index contributed by atoms with van der Waals surface area (Å²) in [5.41, 5.74) is 0.00561. The van der Waals surface area contributed by atoms with Crippen molar-refractivity contribution in [1.82, 2.24) is 0 Å². The summed E-state index contributed by atoms with van der Waals surface area (Å²) in [5, 5.41) is 0. The molecule has 0 N–H and O–H groups in total. The van der Waals surface area contributed by atoms with E-state index in [4.69, 9.17) is 4.74 Å². The van der Waals surface area contributed by atoms with E-state index in [1.54, 1.807) is 0 Å². The highest BCUT2D eigenvalue weighted by molar-refractivity contribution is 5.81.